The van der Waals surface area contributed by atoms with Gasteiger partial charge in [-0.15, -0.1) is 0 Å². The molecule has 0 aromatic heterocycles. The van der Waals surface area contributed by atoms with E-state index in [9.17, 15) is 5.11 Å². The lowest BCUT2D eigenvalue weighted by Crippen LogP contribution is -2.26. The Bertz CT molecular complexity index is 409. The van der Waals surface area contributed by atoms with Gasteiger partial charge in [-0.1, -0.05) is 25.1 Å². The van der Waals surface area contributed by atoms with E-state index in [1.807, 2.05) is 0 Å². The number of aliphatic hydroxyl groups is 1. The van der Waals surface area contributed by atoms with Crippen molar-refractivity contribution >= 4 is 0 Å². The van der Waals surface area contributed by atoms with E-state index in [0.717, 1.165) is 18.7 Å². The summed E-state index contributed by atoms with van der Waals surface area (Å²) in [6, 6.07) is 6.49. The van der Waals surface area contributed by atoms with Crippen molar-refractivity contribution in [3.63, 3.8) is 0 Å². The Morgan fingerprint density at radius 1 is 1.44 bits per heavy atom. The number of para-hydroxylation sites is 1. The van der Waals surface area contributed by atoms with Crippen LogP contribution in [0.25, 0.3) is 0 Å². The first-order valence-electron chi connectivity index (χ1n) is 6.72. The van der Waals surface area contributed by atoms with Gasteiger partial charge in [-0.25, -0.2) is 0 Å². The maximum atomic E-state index is 9.19. The number of hydrogen-bond donors (Lipinski definition) is 2. The van der Waals surface area contributed by atoms with Crippen molar-refractivity contribution in [2.75, 3.05) is 13.2 Å². The first-order chi connectivity index (χ1) is 8.57. The van der Waals surface area contributed by atoms with Gasteiger partial charge in [-0.3, -0.25) is 0 Å². The average Bonchev–Trinajstić information content (AvgIpc) is 2.62. The topological polar surface area (TPSA) is 41.5 Å². The van der Waals surface area contributed by atoms with E-state index in [0.29, 0.717) is 6.42 Å². The lowest BCUT2D eigenvalue weighted by Gasteiger charge is -2.22. The molecule has 3 heteroatoms. The van der Waals surface area contributed by atoms with Crippen LogP contribution in [0, 0.1) is 0 Å². The van der Waals surface area contributed by atoms with Crippen molar-refractivity contribution < 1.29 is 9.84 Å². The van der Waals surface area contributed by atoms with Crippen LogP contribution in [0.2, 0.25) is 0 Å². The molecule has 0 radical (unpaired) electrons. The van der Waals surface area contributed by atoms with E-state index in [-0.39, 0.29) is 18.2 Å². The first kappa shape index (κ1) is 13.4. The highest BCUT2D eigenvalue weighted by Crippen LogP contribution is 2.40. The smallest absolute Gasteiger partial charge is 0.128 e. The zero-order valence-electron chi connectivity index (χ0n) is 11.5. The maximum absolute atomic E-state index is 9.19. The third-order valence-electron chi connectivity index (χ3n) is 3.37. The van der Waals surface area contributed by atoms with Crippen molar-refractivity contribution in [1.29, 1.82) is 0 Å². The molecule has 0 saturated heterocycles. The molecule has 0 saturated carbocycles. The summed E-state index contributed by atoms with van der Waals surface area (Å²) >= 11 is 0. The molecule has 1 aliphatic rings. The van der Waals surface area contributed by atoms with Crippen LogP contribution in [-0.2, 0) is 6.42 Å². The van der Waals surface area contributed by atoms with Crippen LogP contribution >= 0.6 is 0 Å². The molecular formula is C15H23NO2. The number of nitrogens with one attached hydrogen (secondary N) is 1. The summed E-state index contributed by atoms with van der Waals surface area (Å²) in [5.74, 6) is 1.02. The third kappa shape index (κ3) is 2.68. The van der Waals surface area contributed by atoms with Gasteiger partial charge < -0.3 is 15.2 Å². The fourth-order valence-electron chi connectivity index (χ4n) is 2.66. The Kier molecular flexibility index (Phi) is 3.93. The molecule has 1 aliphatic heterocycles. The van der Waals surface area contributed by atoms with Gasteiger partial charge >= 0.3 is 0 Å². The maximum Gasteiger partial charge on any atom is 0.128 e. The molecule has 18 heavy (non-hydrogen) atoms. The van der Waals surface area contributed by atoms with Crippen LogP contribution in [0.4, 0.5) is 0 Å². The Balaban J connectivity index is 2.32. The zero-order chi connectivity index (χ0) is 13.2. The fourth-order valence-corrected chi connectivity index (χ4v) is 2.66. The summed E-state index contributed by atoms with van der Waals surface area (Å²) in [4.78, 5) is 0. The van der Waals surface area contributed by atoms with Gasteiger partial charge in [0.1, 0.15) is 11.4 Å². The van der Waals surface area contributed by atoms with Crippen molar-refractivity contribution in [2.45, 2.75) is 45.3 Å². The molecule has 1 aromatic carbocycles. The highest BCUT2D eigenvalue weighted by molar-refractivity contribution is 5.47. The Morgan fingerprint density at radius 3 is 2.89 bits per heavy atom. The highest BCUT2D eigenvalue weighted by atomic mass is 16.5. The number of ether oxygens (including phenoxy) is 1. The van der Waals surface area contributed by atoms with E-state index in [1.54, 1.807) is 0 Å². The van der Waals surface area contributed by atoms with E-state index < -0.39 is 0 Å². The first-order valence-corrected chi connectivity index (χ1v) is 6.72. The van der Waals surface area contributed by atoms with Crippen LogP contribution in [0.5, 0.6) is 5.75 Å². The van der Waals surface area contributed by atoms with Crippen molar-refractivity contribution in [1.82, 2.24) is 5.32 Å². The van der Waals surface area contributed by atoms with E-state index >= 15 is 0 Å². The van der Waals surface area contributed by atoms with Gasteiger partial charge in [0.25, 0.3) is 0 Å². The molecule has 1 aromatic rings. The average molecular weight is 249 g/mol. The summed E-state index contributed by atoms with van der Waals surface area (Å²) in [7, 11) is 0. The van der Waals surface area contributed by atoms with Crippen LogP contribution in [0.15, 0.2) is 18.2 Å². The molecule has 0 fully saturated rings. The Hall–Kier alpha value is -1.06. The second-order valence-electron chi connectivity index (χ2n) is 5.50. The number of hydrogen-bond acceptors (Lipinski definition) is 3. The van der Waals surface area contributed by atoms with E-state index in [4.69, 9.17) is 4.74 Å². The molecule has 2 N–H and O–H groups in total. The summed E-state index contributed by atoms with van der Waals surface area (Å²) in [5.41, 5.74) is 2.33. The van der Waals surface area contributed by atoms with E-state index in [1.165, 1.54) is 11.1 Å². The predicted octanol–water partition coefficient (Wildman–Crippen LogP) is 2.43. The fraction of sp³-hybridized carbons (Fsp3) is 0.600. The van der Waals surface area contributed by atoms with Crippen LogP contribution < -0.4 is 10.1 Å². The minimum absolute atomic E-state index is 0.117. The number of rotatable bonds is 5. The van der Waals surface area contributed by atoms with Crippen molar-refractivity contribution in [2.24, 2.45) is 0 Å². The molecule has 0 amide bonds. The lowest BCUT2D eigenvalue weighted by molar-refractivity contribution is 0.136. The second-order valence-corrected chi connectivity index (χ2v) is 5.50. The highest BCUT2D eigenvalue weighted by Gasteiger charge is 2.32. The van der Waals surface area contributed by atoms with Gasteiger partial charge in [-0.2, -0.15) is 0 Å². The molecule has 1 atom stereocenters. The lowest BCUT2D eigenvalue weighted by atomic mass is 9.97. The largest absolute Gasteiger partial charge is 0.487 e. The number of fused-ring (bicyclic) bond motifs is 1. The summed E-state index contributed by atoms with van der Waals surface area (Å²) in [6.45, 7) is 7.39. The quantitative estimate of drug-likeness (QED) is 0.842. The van der Waals surface area contributed by atoms with Crippen molar-refractivity contribution in [3.8, 4) is 5.75 Å². The van der Waals surface area contributed by atoms with Crippen LogP contribution in [0.1, 0.15) is 44.4 Å². The standard InChI is InChI=1S/C15H23NO2/c1-4-16-13(8-9-17)12-7-5-6-11-10-15(2,3)18-14(11)12/h5-7,13,16-17H,4,8-10H2,1-3H3. The minimum Gasteiger partial charge on any atom is -0.487 e. The molecular weight excluding hydrogens is 226 g/mol. The van der Waals surface area contributed by atoms with Crippen molar-refractivity contribution in [3.05, 3.63) is 29.3 Å². The summed E-state index contributed by atoms with van der Waals surface area (Å²) in [5, 5.41) is 12.6. The Morgan fingerprint density at radius 2 is 2.22 bits per heavy atom. The molecule has 2 rings (SSSR count). The van der Waals surface area contributed by atoms with Crippen LogP contribution in [-0.4, -0.2) is 23.9 Å². The monoisotopic (exact) mass is 249 g/mol. The molecule has 1 heterocycles. The van der Waals surface area contributed by atoms with E-state index in [2.05, 4.69) is 44.3 Å². The summed E-state index contributed by atoms with van der Waals surface area (Å²) in [6.07, 6.45) is 1.67. The molecule has 0 bridgehead atoms. The second kappa shape index (κ2) is 5.29. The van der Waals surface area contributed by atoms with Gasteiger partial charge in [0.2, 0.25) is 0 Å². The zero-order valence-corrected chi connectivity index (χ0v) is 11.5. The normalized spacial score (nSPS) is 18.2. The molecule has 0 spiro atoms. The predicted molar refractivity (Wildman–Crippen MR) is 73.0 cm³/mol. The SMILES string of the molecule is CCNC(CCO)c1cccc2c1OC(C)(C)C2. The summed E-state index contributed by atoms with van der Waals surface area (Å²) < 4.78 is 6.08. The molecule has 3 nitrogen and oxygen atoms in total. The van der Waals surface area contributed by atoms with Gasteiger partial charge in [0.15, 0.2) is 0 Å². The minimum atomic E-state index is -0.117. The Labute approximate surface area is 109 Å². The molecule has 0 aliphatic carbocycles. The van der Waals surface area contributed by atoms with Gasteiger partial charge in [-0.05, 0) is 32.4 Å². The molecule has 1 unspecified atom stereocenters. The number of aliphatic hydroxyl groups excluding tert-OH is 1. The van der Waals surface area contributed by atoms with Gasteiger partial charge in [0.05, 0.1) is 0 Å². The molecule has 100 valence electrons. The van der Waals surface area contributed by atoms with Gasteiger partial charge in [0, 0.05) is 24.6 Å². The van der Waals surface area contributed by atoms with Crippen LogP contribution in [0.3, 0.4) is 0 Å². The third-order valence-corrected chi connectivity index (χ3v) is 3.37. The number of benzene rings is 1.